The third-order valence-electron chi connectivity index (χ3n) is 3.34. The summed E-state index contributed by atoms with van der Waals surface area (Å²) in [6, 6.07) is -0.202. The van der Waals surface area contributed by atoms with Crippen LogP contribution in [-0.2, 0) is 10.2 Å². The fraction of sp³-hybridized carbons (Fsp3) is 0.909. The predicted molar refractivity (Wildman–Crippen MR) is 77.5 cm³/mol. The van der Waals surface area contributed by atoms with Gasteiger partial charge in [0.15, 0.2) is 0 Å². The average molecular weight is 293 g/mol. The van der Waals surface area contributed by atoms with Crippen LogP contribution in [-0.4, -0.2) is 36.8 Å². The Kier molecular flexibility index (Phi) is 5.97. The molecule has 7 heteroatoms. The summed E-state index contributed by atoms with van der Waals surface area (Å²) in [4.78, 5) is 0.344. The third-order valence-corrected chi connectivity index (χ3v) is 5.18. The van der Waals surface area contributed by atoms with Crippen molar-refractivity contribution in [2.75, 3.05) is 13.1 Å². The van der Waals surface area contributed by atoms with Crippen molar-refractivity contribution in [3.8, 4) is 0 Å². The fourth-order valence-corrected chi connectivity index (χ4v) is 3.74. The van der Waals surface area contributed by atoms with Crippen molar-refractivity contribution in [1.82, 2.24) is 9.03 Å². The molecule has 1 fully saturated rings. The summed E-state index contributed by atoms with van der Waals surface area (Å²) < 4.78 is 28.6. The molecule has 0 aromatic rings. The van der Waals surface area contributed by atoms with Gasteiger partial charge < -0.3 is 5.73 Å². The van der Waals surface area contributed by atoms with Crippen molar-refractivity contribution >= 4 is 27.4 Å². The molecule has 1 atom stereocenters. The predicted octanol–water partition coefficient (Wildman–Crippen LogP) is 1.01. The van der Waals surface area contributed by atoms with Gasteiger partial charge in [0.25, 0.3) is 10.2 Å². The van der Waals surface area contributed by atoms with Crippen LogP contribution in [0.1, 0.15) is 39.5 Å². The molecule has 1 rings (SSSR count). The molecule has 5 nitrogen and oxygen atoms in total. The molecule has 1 aliphatic rings. The Labute approximate surface area is 115 Å². The second kappa shape index (κ2) is 6.79. The Morgan fingerprint density at radius 3 is 2.50 bits per heavy atom. The summed E-state index contributed by atoms with van der Waals surface area (Å²) in [6.45, 7) is 5.27. The van der Waals surface area contributed by atoms with Gasteiger partial charge in [-0.2, -0.15) is 17.4 Å². The first-order chi connectivity index (χ1) is 8.35. The van der Waals surface area contributed by atoms with Crippen LogP contribution < -0.4 is 10.5 Å². The number of nitrogens with zero attached hydrogens (tertiary/aromatic N) is 1. The van der Waals surface area contributed by atoms with Crippen molar-refractivity contribution < 1.29 is 8.42 Å². The van der Waals surface area contributed by atoms with Crippen molar-refractivity contribution in [2.24, 2.45) is 11.7 Å². The van der Waals surface area contributed by atoms with E-state index in [-0.39, 0.29) is 6.04 Å². The first-order valence-electron chi connectivity index (χ1n) is 6.40. The van der Waals surface area contributed by atoms with Crippen LogP contribution in [0.2, 0.25) is 0 Å². The zero-order valence-corrected chi connectivity index (χ0v) is 12.7. The molecule has 106 valence electrons. The van der Waals surface area contributed by atoms with Gasteiger partial charge in [-0.15, -0.1) is 0 Å². The maximum Gasteiger partial charge on any atom is 0.279 e. The number of hydrogen-bond donors (Lipinski definition) is 2. The molecule has 0 radical (unpaired) electrons. The first kappa shape index (κ1) is 15.8. The smallest absolute Gasteiger partial charge is 0.279 e. The van der Waals surface area contributed by atoms with E-state index in [1.807, 2.05) is 6.92 Å². The topological polar surface area (TPSA) is 75.4 Å². The van der Waals surface area contributed by atoms with Crippen molar-refractivity contribution in [1.29, 1.82) is 0 Å². The lowest BCUT2D eigenvalue weighted by Gasteiger charge is -2.30. The molecule has 1 heterocycles. The second-order valence-electron chi connectivity index (χ2n) is 4.98. The van der Waals surface area contributed by atoms with Crippen LogP contribution in [0.4, 0.5) is 0 Å². The summed E-state index contributed by atoms with van der Waals surface area (Å²) >= 11 is 4.83. The highest BCUT2D eigenvalue weighted by Crippen LogP contribution is 2.18. The van der Waals surface area contributed by atoms with Crippen LogP contribution in [0.3, 0.4) is 0 Å². The molecule has 0 bridgehead atoms. The van der Waals surface area contributed by atoms with Crippen LogP contribution in [0.25, 0.3) is 0 Å². The van der Waals surface area contributed by atoms with Crippen LogP contribution >= 0.6 is 12.2 Å². The van der Waals surface area contributed by atoms with Crippen LogP contribution in [0.5, 0.6) is 0 Å². The minimum Gasteiger partial charge on any atom is -0.393 e. The van der Waals surface area contributed by atoms with Gasteiger partial charge in [0.2, 0.25) is 0 Å². The van der Waals surface area contributed by atoms with Gasteiger partial charge in [-0.25, -0.2) is 0 Å². The van der Waals surface area contributed by atoms with Gasteiger partial charge in [0.1, 0.15) is 0 Å². The summed E-state index contributed by atoms with van der Waals surface area (Å²) in [5.41, 5.74) is 5.47. The Bertz CT molecular complexity index is 376. The molecule has 0 spiro atoms. The standard InChI is InChI=1S/C11H23N3O2S2/c1-3-10(8-11(12)17)13-18(15,16)14-6-4-9(2)5-7-14/h9-10,13H,3-8H2,1-2H3,(H2,12,17). The Hall–Kier alpha value is -0.240. The van der Waals surface area contributed by atoms with E-state index < -0.39 is 10.2 Å². The summed E-state index contributed by atoms with van der Waals surface area (Å²) in [5, 5.41) is 0. The largest absolute Gasteiger partial charge is 0.393 e. The average Bonchev–Trinajstić information content (AvgIpc) is 2.27. The number of rotatable bonds is 6. The number of thiocarbonyl (C=S) groups is 1. The Balaban J connectivity index is 2.60. The molecule has 1 saturated heterocycles. The molecule has 0 aromatic heterocycles. The number of piperidine rings is 1. The van der Waals surface area contributed by atoms with Gasteiger partial charge in [-0.1, -0.05) is 26.1 Å². The fourth-order valence-electron chi connectivity index (χ4n) is 2.02. The highest BCUT2D eigenvalue weighted by molar-refractivity contribution is 7.87. The minimum absolute atomic E-state index is 0.202. The molecule has 0 aliphatic carbocycles. The minimum atomic E-state index is -3.40. The van der Waals surface area contributed by atoms with Crippen molar-refractivity contribution in [3.05, 3.63) is 0 Å². The molecular formula is C11H23N3O2S2. The highest BCUT2D eigenvalue weighted by Gasteiger charge is 2.28. The van der Waals surface area contributed by atoms with Crippen molar-refractivity contribution in [2.45, 2.75) is 45.6 Å². The molecule has 1 unspecified atom stereocenters. The molecule has 0 amide bonds. The third kappa shape index (κ3) is 4.79. The number of hydrogen-bond acceptors (Lipinski definition) is 3. The number of nitrogens with two attached hydrogens (primary N) is 1. The molecule has 0 aromatic carbocycles. The van der Waals surface area contributed by atoms with Gasteiger partial charge in [-0.05, 0) is 25.2 Å². The van der Waals surface area contributed by atoms with E-state index >= 15 is 0 Å². The molecule has 3 N–H and O–H groups in total. The quantitative estimate of drug-likeness (QED) is 0.717. The monoisotopic (exact) mass is 293 g/mol. The van der Waals surface area contributed by atoms with E-state index in [4.69, 9.17) is 18.0 Å². The normalized spacial score (nSPS) is 20.8. The molecular weight excluding hydrogens is 270 g/mol. The lowest BCUT2D eigenvalue weighted by Crippen LogP contribution is -2.48. The maximum atomic E-state index is 12.2. The van der Waals surface area contributed by atoms with E-state index in [1.54, 1.807) is 0 Å². The Morgan fingerprint density at radius 2 is 2.06 bits per heavy atom. The Morgan fingerprint density at radius 1 is 1.50 bits per heavy atom. The van der Waals surface area contributed by atoms with Gasteiger partial charge in [-0.3, -0.25) is 0 Å². The van der Waals surface area contributed by atoms with Gasteiger partial charge in [0.05, 0.1) is 4.99 Å². The van der Waals surface area contributed by atoms with E-state index in [2.05, 4.69) is 11.6 Å². The second-order valence-corrected chi connectivity index (χ2v) is 7.21. The SMILES string of the molecule is CCC(CC(N)=S)NS(=O)(=O)N1CCC(C)CC1. The molecule has 18 heavy (non-hydrogen) atoms. The van der Waals surface area contributed by atoms with E-state index in [0.717, 1.165) is 12.8 Å². The van der Waals surface area contributed by atoms with Crippen molar-refractivity contribution in [3.63, 3.8) is 0 Å². The van der Waals surface area contributed by atoms with Gasteiger partial charge >= 0.3 is 0 Å². The lowest BCUT2D eigenvalue weighted by molar-refractivity contribution is 0.283. The zero-order chi connectivity index (χ0) is 13.8. The molecule has 1 aliphatic heterocycles. The summed E-state index contributed by atoms with van der Waals surface area (Å²) in [7, 11) is -3.40. The van der Waals surface area contributed by atoms with Crippen LogP contribution in [0.15, 0.2) is 0 Å². The van der Waals surface area contributed by atoms with Crippen LogP contribution in [0, 0.1) is 5.92 Å². The summed E-state index contributed by atoms with van der Waals surface area (Å²) in [5.74, 6) is 0.607. The highest BCUT2D eigenvalue weighted by atomic mass is 32.2. The van der Waals surface area contributed by atoms with E-state index in [1.165, 1.54) is 4.31 Å². The lowest BCUT2D eigenvalue weighted by atomic mass is 10.0. The van der Waals surface area contributed by atoms with E-state index in [9.17, 15) is 8.42 Å². The number of nitrogens with one attached hydrogen (secondary N) is 1. The maximum absolute atomic E-state index is 12.2. The van der Waals surface area contributed by atoms with Gasteiger partial charge in [0, 0.05) is 25.6 Å². The zero-order valence-electron chi connectivity index (χ0n) is 11.1. The molecule has 0 saturated carbocycles. The first-order valence-corrected chi connectivity index (χ1v) is 8.25. The van der Waals surface area contributed by atoms with E-state index in [0.29, 0.717) is 36.8 Å². The summed E-state index contributed by atoms with van der Waals surface area (Å²) in [6.07, 6.45) is 2.94.